The average molecular weight is 384 g/mol. The molecule has 1 fully saturated rings. The summed E-state index contributed by atoms with van der Waals surface area (Å²) in [5.74, 6) is 0.552. The summed E-state index contributed by atoms with van der Waals surface area (Å²) in [4.78, 5) is 17.5. The molecule has 1 aliphatic carbocycles. The summed E-state index contributed by atoms with van der Waals surface area (Å²) in [6, 6.07) is 6.22. The van der Waals surface area contributed by atoms with Crippen molar-refractivity contribution in [3.05, 3.63) is 40.6 Å². The second-order valence-corrected chi connectivity index (χ2v) is 6.56. The van der Waals surface area contributed by atoms with Crippen molar-refractivity contribution in [1.29, 1.82) is 0 Å². The molecule has 0 aliphatic heterocycles. The van der Waals surface area contributed by atoms with Gasteiger partial charge in [-0.3, -0.25) is 9.78 Å². The highest BCUT2D eigenvalue weighted by molar-refractivity contribution is 6.07. The smallest absolute Gasteiger partial charge is 0.252 e. The predicted octanol–water partition coefficient (Wildman–Crippen LogP) is 3.91. The maximum atomic E-state index is 12.7. The topological polar surface area (TPSA) is 54.0 Å². The van der Waals surface area contributed by atoms with Crippen molar-refractivity contribution < 1.29 is 4.79 Å². The molecular weight excluding hydrogens is 357 g/mol. The highest BCUT2D eigenvalue weighted by Crippen LogP contribution is 2.40. The van der Waals surface area contributed by atoms with Crippen LogP contribution in [0, 0.1) is 13.8 Å². The second kappa shape index (κ2) is 9.37. The Morgan fingerprint density at radius 3 is 2.52 bits per heavy atom. The molecule has 0 radical (unpaired) electrons. The lowest BCUT2D eigenvalue weighted by Gasteiger charge is -2.12. The van der Waals surface area contributed by atoms with Crippen LogP contribution in [-0.4, -0.2) is 31.0 Å². The van der Waals surface area contributed by atoms with Crippen molar-refractivity contribution in [2.45, 2.75) is 39.0 Å². The molecule has 3 rings (SSSR count). The normalized spacial score (nSPS) is 13.1. The lowest BCUT2D eigenvalue weighted by atomic mass is 10.00. The number of aromatic nitrogens is 1. The van der Waals surface area contributed by atoms with Gasteiger partial charge in [-0.05, 0) is 64.4 Å². The molecule has 4 nitrogen and oxygen atoms in total. The van der Waals surface area contributed by atoms with E-state index in [9.17, 15) is 4.79 Å². The van der Waals surface area contributed by atoms with Gasteiger partial charge in [0.15, 0.2) is 0 Å². The van der Waals surface area contributed by atoms with Crippen molar-refractivity contribution in [3.63, 3.8) is 0 Å². The third kappa shape index (κ3) is 5.06. The van der Waals surface area contributed by atoms with Gasteiger partial charge in [0.25, 0.3) is 5.91 Å². The van der Waals surface area contributed by atoms with Gasteiger partial charge in [-0.2, -0.15) is 0 Å². The summed E-state index contributed by atoms with van der Waals surface area (Å²) in [6.07, 6.45) is 3.30. The number of carbonyl (C=O) groups excluding carboxylic acids is 1. The van der Waals surface area contributed by atoms with Crippen molar-refractivity contribution in [2.75, 3.05) is 20.1 Å². The zero-order chi connectivity index (χ0) is 16.4. The van der Waals surface area contributed by atoms with Gasteiger partial charge in [0.2, 0.25) is 0 Å². The summed E-state index contributed by atoms with van der Waals surface area (Å²) in [5, 5.41) is 7.11. The van der Waals surface area contributed by atoms with Crippen LogP contribution in [0.15, 0.2) is 18.2 Å². The van der Waals surface area contributed by atoms with Gasteiger partial charge >= 0.3 is 0 Å². The van der Waals surface area contributed by atoms with Crippen LogP contribution in [-0.2, 0) is 0 Å². The Balaban J connectivity index is 0.00000156. The predicted molar refractivity (Wildman–Crippen MR) is 109 cm³/mol. The van der Waals surface area contributed by atoms with Gasteiger partial charge in [0.1, 0.15) is 0 Å². The molecule has 1 aromatic carbocycles. The number of carbonyl (C=O) groups is 1. The monoisotopic (exact) mass is 383 g/mol. The molecule has 138 valence electrons. The molecule has 6 heteroatoms. The summed E-state index contributed by atoms with van der Waals surface area (Å²) in [6.45, 7) is 5.74. The van der Waals surface area contributed by atoms with E-state index in [1.54, 1.807) is 0 Å². The maximum Gasteiger partial charge on any atom is 0.252 e. The number of rotatable bonds is 6. The number of halogens is 2. The number of amides is 1. The van der Waals surface area contributed by atoms with E-state index in [-0.39, 0.29) is 30.7 Å². The zero-order valence-electron chi connectivity index (χ0n) is 15.0. The first-order chi connectivity index (χ1) is 11.1. The van der Waals surface area contributed by atoms with E-state index in [0.29, 0.717) is 12.5 Å². The molecule has 0 atom stereocenters. The van der Waals surface area contributed by atoms with E-state index in [0.717, 1.165) is 40.7 Å². The fourth-order valence-electron chi connectivity index (χ4n) is 3.04. The maximum absolute atomic E-state index is 12.7. The lowest BCUT2D eigenvalue weighted by molar-refractivity contribution is 0.0955. The van der Waals surface area contributed by atoms with Crippen LogP contribution in [0.2, 0.25) is 0 Å². The fourth-order valence-corrected chi connectivity index (χ4v) is 3.04. The second-order valence-electron chi connectivity index (χ2n) is 6.56. The van der Waals surface area contributed by atoms with Gasteiger partial charge in [-0.15, -0.1) is 24.8 Å². The molecular formula is C19H27Cl2N3O. The molecule has 1 heterocycles. The number of hydrogen-bond acceptors (Lipinski definition) is 3. The standard InChI is InChI=1S/C19H25N3O.2ClH/c1-12-9-13(2)18-15(10-12)16(11-17(22-18)14-5-6-14)19(23)21-8-4-7-20-3;;/h9-11,14,20H,4-8H2,1-3H3,(H,21,23);2*1H. The average Bonchev–Trinajstić information content (AvgIpc) is 3.35. The molecule has 0 saturated heterocycles. The van der Waals surface area contributed by atoms with Crippen LogP contribution in [0.3, 0.4) is 0 Å². The Morgan fingerprint density at radius 1 is 1.16 bits per heavy atom. The largest absolute Gasteiger partial charge is 0.352 e. The number of nitrogens with zero attached hydrogens (tertiary/aromatic N) is 1. The number of benzene rings is 1. The Bertz CT molecular complexity index is 745. The van der Waals surface area contributed by atoms with Crippen molar-refractivity contribution >= 4 is 41.6 Å². The Labute approximate surface area is 162 Å². The number of fused-ring (bicyclic) bond motifs is 1. The van der Waals surface area contributed by atoms with E-state index in [4.69, 9.17) is 4.98 Å². The molecule has 1 aromatic heterocycles. The van der Waals surface area contributed by atoms with Crippen molar-refractivity contribution in [1.82, 2.24) is 15.6 Å². The Kier molecular flexibility index (Phi) is 8.13. The van der Waals surface area contributed by atoms with E-state index in [1.807, 2.05) is 13.1 Å². The molecule has 0 spiro atoms. The minimum atomic E-state index is 0. The van der Waals surface area contributed by atoms with Crippen LogP contribution in [0.5, 0.6) is 0 Å². The van der Waals surface area contributed by atoms with Gasteiger partial charge in [0.05, 0.1) is 11.1 Å². The third-order valence-corrected chi connectivity index (χ3v) is 4.40. The molecule has 0 bridgehead atoms. The van der Waals surface area contributed by atoms with Gasteiger partial charge in [-0.1, -0.05) is 11.6 Å². The van der Waals surface area contributed by atoms with Crippen molar-refractivity contribution in [2.24, 2.45) is 0 Å². The zero-order valence-corrected chi connectivity index (χ0v) is 16.6. The minimum Gasteiger partial charge on any atom is -0.352 e. The van der Waals surface area contributed by atoms with E-state index < -0.39 is 0 Å². The first kappa shape index (κ1) is 21.7. The summed E-state index contributed by atoms with van der Waals surface area (Å²) in [5.41, 5.74) is 5.13. The summed E-state index contributed by atoms with van der Waals surface area (Å²) < 4.78 is 0. The van der Waals surface area contributed by atoms with Gasteiger partial charge in [-0.25, -0.2) is 0 Å². The highest BCUT2D eigenvalue weighted by atomic mass is 35.5. The van der Waals surface area contributed by atoms with Gasteiger partial charge < -0.3 is 10.6 Å². The minimum absolute atomic E-state index is 0. The van der Waals surface area contributed by atoms with E-state index in [2.05, 4.69) is 36.6 Å². The van der Waals surface area contributed by atoms with Gasteiger partial charge in [0, 0.05) is 23.5 Å². The summed E-state index contributed by atoms with van der Waals surface area (Å²) in [7, 11) is 1.92. The quantitative estimate of drug-likeness (QED) is 0.743. The lowest BCUT2D eigenvalue weighted by Crippen LogP contribution is -2.27. The van der Waals surface area contributed by atoms with Crippen LogP contribution in [0.4, 0.5) is 0 Å². The molecule has 1 amide bonds. The number of aryl methyl sites for hydroxylation is 2. The molecule has 2 aromatic rings. The molecule has 25 heavy (non-hydrogen) atoms. The molecule has 1 saturated carbocycles. The summed E-state index contributed by atoms with van der Waals surface area (Å²) >= 11 is 0. The van der Waals surface area contributed by atoms with Crippen LogP contribution >= 0.6 is 24.8 Å². The van der Waals surface area contributed by atoms with Crippen molar-refractivity contribution in [3.8, 4) is 0 Å². The Morgan fingerprint density at radius 2 is 1.88 bits per heavy atom. The first-order valence-electron chi connectivity index (χ1n) is 8.45. The number of pyridine rings is 1. The molecule has 2 N–H and O–H groups in total. The Hall–Kier alpha value is -1.36. The van der Waals surface area contributed by atoms with Crippen LogP contribution in [0.1, 0.15) is 52.4 Å². The molecule has 1 aliphatic rings. The van der Waals surface area contributed by atoms with E-state index in [1.165, 1.54) is 18.4 Å². The number of nitrogens with one attached hydrogen (secondary N) is 2. The van der Waals surface area contributed by atoms with Crippen LogP contribution in [0.25, 0.3) is 10.9 Å². The van der Waals surface area contributed by atoms with Crippen LogP contribution < -0.4 is 10.6 Å². The first-order valence-corrected chi connectivity index (χ1v) is 8.45. The highest BCUT2D eigenvalue weighted by Gasteiger charge is 2.27. The SMILES string of the molecule is CNCCCNC(=O)c1cc(C2CC2)nc2c(C)cc(C)cc12.Cl.Cl. The number of hydrogen-bond donors (Lipinski definition) is 2. The fraction of sp³-hybridized carbons (Fsp3) is 0.474. The van der Waals surface area contributed by atoms with E-state index >= 15 is 0 Å². The molecule has 0 unspecified atom stereocenters. The third-order valence-electron chi connectivity index (χ3n) is 4.40.